The topological polar surface area (TPSA) is 105 Å². The highest BCUT2D eigenvalue weighted by molar-refractivity contribution is 7.92. The molecule has 10 heteroatoms. The van der Waals surface area contributed by atoms with Crippen molar-refractivity contribution in [2.24, 2.45) is 0 Å². The molecule has 3 aromatic rings. The van der Waals surface area contributed by atoms with E-state index in [-0.39, 0.29) is 23.4 Å². The minimum atomic E-state index is -4.17. The number of amides is 2. The number of methoxy groups -OCH3 is 1. The van der Waals surface area contributed by atoms with Gasteiger partial charge in [0.2, 0.25) is 11.8 Å². The number of carbonyl (C=O) groups excluding carboxylic acids is 2. The number of rotatable bonds is 14. The Bertz CT molecular complexity index is 1490. The lowest BCUT2D eigenvalue weighted by Crippen LogP contribution is -2.53. The number of ether oxygens (including phenoxy) is 2. The Kier molecular flexibility index (Phi) is 11.3. The maximum absolute atomic E-state index is 14.3. The van der Waals surface area contributed by atoms with Crippen molar-refractivity contribution in [3.63, 3.8) is 0 Å². The molecule has 1 fully saturated rings. The number of carbonyl (C=O) groups is 2. The number of benzene rings is 3. The van der Waals surface area contributed by atoms with Crippen molar-refractivity contribution in [2.75, 3.05) is 24.6 Å². The van der Waals surface area contributed by atoms with Gasteiger partial charge in [0, 0.05) is 12.6 Å². The summed E-state index contributed by atoms with van der Waals surface area (Å²) in [6, 6.07) is 19.7. The molecule has 0 aliphatic heterocycles. The molecule has 1 aliphatic rings. The maximum atomic E-state index is 14.3. The monoisotopic (exact) mass is 621 g/mol. The summed E-state index contributed by atoms with van der Waals surface area (Å²) < 4.78 is 40.1. The average Bonchev–Trinajstić information content (AvgIpc) is 3.54. The van der Waals surface area contributed by atoms with Gasteiger partial charge in [-0.1, -0.05) is 49.6 Å². The molecule has 2 amide bonds. The molecular formula is C34H43N3O6S. The largest absolute Gasteiger partial charge is 0.497 e. The lowest BCUT2D eigenvalue weighted by molar-refractivity contribution is -0.140. The predicted octanol–water partition coefficient (Wildman–Crippen LogP) is 5.46. The van der Waals surface area contributed by atoms with Gasteiger partial charge in [-0.2, -0.15) is 0 Å². The van der Waals surface area contributed by atoms with E-state index in [4.69, 9.17) is 9.47 Å². The van der Waals surface area contributed by atoms with Crippen LogP contribution in [0.25, 0.3) is 0 Å². The summed E-state index contributed by atoms with van der Waals surface area (Å²) in [5, 5.41) is 3.14. The standard InChI is InChI=1S/C34H43N3O6S/c1-5-32(34(39)35-27-9-7-8-10-27)36(23-26-13-17-29(42-4)18-14-26)33(38)24-37(28-15-11-25(3)12-16-28)44(40,41)31-21-19-30(20-22-31)43-6-2/h11-22,27,32H,5-10,23-24H2,1-4H3,(H,35,39). The first-order valence-corrected chi connectivity index (χ1v) is 16.6. The van der Waals surface area contributed by atoms with Crippen LogP contribution in [0.2, 0.25) is 0 Å². The number of aryl methyl sites for hydroxylation is 1. The van der Waals surface area contributed by atoms with Crippen molar-refractivity contribution in [2.45, 2.75) is 76.4 Å². The highest BCUT2D eigenvalue weighted by Gasteiger charge is 2.34. The lowest BCUT2D eigenvalue weighted by atomic mass is 10.1. The zero-order valence-electron chi connectivity index (χ0n) is 26.0. The number of anilines is 1. The fraction of sp³-hybridized carbons (Fsp3) is 0.412. The van der Waals surface area contributed by atoms with E-state index < -0.39 is 28.5 Å². The van der Waals surface area contributed by atoms with E-state index in [0.29, 0.717) is 30.2 Å². The van der Waals surface area contributed by atoms with Gasteiger partial charge >= 0.3 is 0 Å². The minimum absolute atomic E-state index is 0.0297. The van der Waals surface area contributed by atoms with Crippen LogP contribution in [-0.4, -0.2) is 57.5 Å². The van der Waals surface area contributed by atoms with E-state index in [9.17, 15) is 18.0 Å². The van der Waals surface area contributed by atoms with Crippen molar-refractivity contribution >= 4 is 27.5 Å². The summed E-state index contributed by atoms with van der Waals surface area (Å²) in [4.78, 5) is 29.4. The summed E-state index contributed by atoms with van der Waals surface area (Å²) in [6.45, 7) is 5.72. The normalized spacial score (nSPS) is 14.1. The van der Waals surface area contributed by atoms with Crippen molar-refractivity contribution in [3.8, 4) is 11.5 Å². The van der Waals surface area contributed by atoms with Gasteiger partial charge in [0.15, 0.2) is 0 Å². The molecule has 0 radical (unpaired) electrons. The molecule has 1 N–H and O–H groups in total. The predicted molar refractivity (Wildman–Crippen MR) is 171 cm³/mol. The van der Waals surface area contributed by atoms with Crippen molar-refractivity contribution in [1.82, 2.24) is 10.2 Å². The maximum Gasteiger partial charge on any atom is 0.264 e. The Morgan fingerprint density at radius 3 is 2.09 bits per heavy atom. The Hall–Kier alpha value is -4.05. The van der Waals surface area contributed by atoms with Crippen LogP contribution in [0.1, 0.15) is 57.1 Å². The van der Waals surface area contributed by atoms with Crippen LogP contribution < -0.4 is 19.1 Å². The summed E-state index contributed by atoms with van der Waals surface area (Å²) in [5.41, 5.74) is 2.10. The van der Waals surface area contributed by atoms with Crippen LogP contribution in [-0.2, 0) is 26.2 Å². The molecule has 44 heavy (non-hydrogen) atoms. The quantitative estimate of drug-likeness (QED) is 0.256. The molecule has 4 rings (SSSR count). The van der Waals surface area contributed by atoms with Gasteiger partial charge in [-0.25, -0.2) is 8.42 Å². The van der Waals surface area contributed by atoms with E-state index in [1.807, 2.05) is 32.9 Å². The van der Waals surface area contributed by atoms with Gasteiger partial charge in [-0.3, -0.25) is 13.9 Å². The first-order valence-electron chi connectivity index (χ1n) is 15.2. The van der Waals surface area contributed by atoms with E-state index in [1.165, 1.54) is 17.0 Å². The molecule has 9 nitrogen and oxygen atoms in total. The molecule has 0 heterocycles. The molecule has 1 atom stereocenters. The van der Waals surface area contributed by atoms with Crippen LogP contribution in [0, 0.1) is 6.92 Å². The summed E-state index contributed by atoms with van der Waals surface area (Å²) in [5.74, 6) is 0.514. The van der Waals surface area contributed by atoms with Crippen LogP contribution >= 0.6 is 0 Å². The van der Waals surface area contributed by atoms with Crippen LogP contribution in [0.15, 0.2) is 77.7 Å². The summed E-state index contributed by atoms with van der Waals surface area (Å²) >= 11 is 0. The molecule has 236 valence electrons. The number of sulfonamides is 1. The molecule has 1 unspecified atom stereocenters. The second-order valence-corrected chi connectivity index (χ2v) is 12.9. The summed E-state index contributed by atoms with van der Waals surface area (Å²) in [7, 11) is -2.59. The minimum Gasteiger partial charge on any atom is -0.497 e. The van der Waals surface area contributed by atoms with Gasteiger partial charge in [0.05, 0.1) is 24.3 Å². The van der Waals surface area contributed by atoms with Gasteiger partial charge in [0.1, 0.15) is 24.1 Å². The van der Waals surface area contributed by atoms with Gasteiger partial charge in [0.25, 0.3) is 10.0 Å². The second-order valence-electron chi connectivity index (χ2n) is 11.0. The number of hydrogen-bond donors (Lipinski definition) is 1. The Morgan fingerprint density at radius 1 is 0.909 bits per heavy atom. The van der Waals surface area contributed by atoms with Gasteiger partial charge < -0.3 is 19.7 Å². The molecule has 0 spiro atoms. The third-order valence-electron chi connectivity index (χ3n) is 7.92. The molecule has 1 saturated carbocycles. The average molecular weight is 622 g/mol. The zero-order chi connectivity index (χ0) is 31.7. The molecule has 1 aliphatic carbocycles. The van der Waals surface area contributed by atoms with E-state index in [2.05, 4.69) is 5.32 Å². The molecular weight excluding hydrogens is 578 g/mol. The first kappa shape index (κ1) is 32.9. The zero-order valence-corrected chi connectivity index (χ0v) is 26.8. The SMILES string of the molecule is CCOc1ccc(S(=O)(=O)N(CC(=O)N(Cc2ccc(OC)cc2)C(CC)C(=O)NC2CCCC2)c2ccc(C)cc2)cc1. The van der Waals surface area contributed by atoms with E-state index in [1.54, 1.807) is 55.6 Å². The van der Waals surface area contributed by atoms with Gasteiger partial charge in [-0.05, 0) is 87.2 Å². The summed E-state index contributed by atoms with van der Waals surface area (Å²) in [6.07, 6.45) is 4.32. The van der Waals surface area contributed by atoms with Crippen LogP contribution in [0.4, 0.5) is 5.69 Å². The number of nitrogens with one attached hydrogen (secondary N) is 1. The van der Waals surface area contributed by atoms with Gasteiger partial charge in [-0.15, -0.1) is 0 Å². The third-order valence-corrected chi connectivity index (χ3v) is 9.71. The van der Waals surface area contributed by atoms with Crippen LogP contribution in [0.3, 0.4) is 0 Å². The lowest BCUT2D eigenvalue weighted by Gasteiger charge is -2.33. The molecule has 0 saturated heterocycles. The van der Waals surface area contributed by atoms with Crippen LogP contribution in [0.5, 0.6) is 11.5 Å². The number of hydrogen-bond acceptors (Lipinski definition) is 6. The third kappa shape index (κ3) is 8.11. The smallest absolute Gasteiger partial charge is 0.264 e. The second kappa shape index (κ2) is 15.1. The highest BCUT2D eigenvalue weighted by Crippen LogP contribution is 2.27. The highest BCUT2D eigenvalue weighted by atomic mass is 32.2. The van der Waals surface area contributed by atoms with E-state index in [0.717, 1.165) is 41.1 Å². The van der Waals surface area contributed by atoms with Crippen molar-refractivity contribution < 1.29 is 27.5 Å². The first-order chi connectivity index (χ1) is 21.2. The Morgan fingerprint density at radius 2 is 1.52 bits per heavy atom. The van der Waals surface area contributed by atoms with E-state index >= 15 is 0 Å². The number of nitrogens with zero attached hydrogens (tertiary/aromatic N) is 2. The van der Waals surface area contributed by atoms with Crippen molar-refractivity contribution in [3.05, 3.63) is 83.9 Å². The molecule has 3 aromatic carbocycles. The fourth-order valence-corrected chi connectivity index (χ4v) is 6.87. The Balaban J connectivity index is 1.70. The fourth-order valence-electron chi connectivity index (χ4n) is 5.46. The molecule has 0 aromatic heterocycles. The van der Waals surface area contributed by atoms with Crippen molar-refractivity contribution in [1.29, 1.82) is 0 Å². The molecule has 0 bridgehead atoms. The Labute approximate surface area is 261 Å².